The van der Waals surface area contributed by atoms with Crippen LogP contribution in [0, 0.1) is 11.6 Å². The normalized spacial score (nSPS) is 12.2. The minimum Gasteiger partial charge on any atom is -0.486 e. The van der Waals surface area contributed by atoms with Gasteiger partial charge in [0.1, 0.15) is 12.4 Å². The molecule has 0 saturated carbocycles. The molecule has 0 radical (unpaired) electrons. The minimum absolute atomic E-state index is 0.0332. The second kappa shape index (κ2) is 6.87. The van der Waals surface area contributed by atoms with Crippen molar-refractivity contribution in [2.75, 3.05) is 0 Å². The SMILES string of the molecule is CC(N)Cc1ccc(OCc2ccc(F)cc2Cl)c(F)c1. The molecule has 0 fully saturated rings. The predicted octanol–water partition coefficient (Wildman–Crippen LogP) is 4.09. The third kappa shape index (κ3) is 4.41. The lowest BCUT2D eigenvalue weighted by Crippen LogP contribution is -2.17. The van der Waals surface area contributed by atoms with Crippen LogP contribution in [0.15, 0.2) is 36.4 Å². The molecule has 2 aromatic rings. The Kier molecular flexibility index (Phi) is 5.15. The number of hydrogen-bond acceptors (Lipinski definition) is 2. The molecule has 0 aliphatic carbocycles. The molecule has 0 aliphatic rings. The second-order valence-corrected chi connectivity index (χ2v) is 5.38. The Morgan fingerprint density at radius 2 is 1.95 bits per heavy atom. The van der Waals surface area contributed by atoms with Gasteiger partial charge in [0.05, 0.1) is 5.02 Å². The third-order valence-electron chi connectivity index (χ3n) is 2.95. The van der Waals surface area contributed by atoms with Crippen molar-refractivity contribution in [2.45, 2.75) is 26.0 Å². The summed E-state index contributed by atoms with van der Waals surface area (Å²) in [5.41, 5.74) is 7.09. The fourth-order valence-electron chi connectivity index (χ4n) is 1.95. The van der Waals surface area contributed by atoms with Gasteiger partial charge in [-0.3, -0.25) is 0 Å². The zero-order valence-electron chi connectivity index (χ0n) is 11.6. The van der Waals surface area contributed by atoms with Gasteiger partial charge < -0.3 is 10.5 Å². The van der Waals surface area contributed by atoms with Crippen molar-refractivity contribution < 1.29 is 13.5 Å². The predicted molar refractivity (Wildman–Crippen MR) is 79.5 cm³/mol. The molecular formula is C16H16ClF2NO. The van der Waals surface area contributed by atoms with E-state index in [-0.39, 0.29) is 23.4 Å². The first kappa shape index (κ1) is 15.7. The number of benzene rings is 2. The maximum absolute atomic E-state index is 13.9. The molecule has 5 heteroatoms. The fraction of sp³-hybridized carbons (Fsp3) is 0.250. The van der Waals surface area contributed by atoms with Crippen LogP contribution < -0.4 is 10.5 Å². The van der Waals surface area contributed by atoms with Gasteiger partial charge in [0, 0.05) is 11.6 Å². The summed E-state index contributed by atoms with van der Waals surface area (Å²) >= 11 is 5.89. The quantitative estimate of drug-likeness (QED) is 0.902. The van der Waals surface area contributed by atoms with E-state index in [0.717, 1.165) is 5.56 Å². The molecule has 0 aliphatic heterocycles. The molecular weight excluding hydrogens is 296 g/mol. The summed E-state index contributed by atoms with van der Waals surface area (Å²) in [7, 11) is 0. The van der Waals surface area contributed by atoms with E-state index in [1.807, 2.05) is 6.92 Å². The summed E-state index contributed by atoms with van der Waals surface area (Å²) in [6.45, 7) is 1.93. The average molecular weight is 312 g/mol. The van der Waals surface area contributed by atoms with Gasteiger partial charge in [-0.1, -0.05) is 23.7 Å². The molecule has 2 nitrogen and oxygen atoms in total. The summed E-state index contributed by atoms with van der Waals surface area (Å²) in [5.74, 6) is -0.745. The molecule has 0 spiro atoms. The zero-order chi connectivity index (χ0) is 15.4. The lowest BCUT2D eigenvalue weighted by Gasteiger charge is -2.11. The van der Waals surface area contributed by atoms with E-state index in [9.17, 15) is 8.78 Å². The van der Waals surface area contributed by atoms with Crippen molar-refractivity contribution >= 4 is 11.6 Å². The number of ether oxygens (including phenoxy) is 1. The standard InChI is InChI=1S/C16H16ClF2NO/c1-10(20)6-11-2-5-16(15(19)7-11)21-9-12-3-4-13(18)8-14(12)17/h2-5,7-8,10H,6,9,20H2,1H3. The van der Waals surface area contributed by atoms with E-state index in [4.69, 9.17) is 22.1 Å². The van der Waals surface area contributed by atoms with Gasteiger partial charge in [-0.2, -0.15) is 0 Å². The highest BCUT2D eigenvalue weighted by molar-refractivity contribution is 6.31. The maximum atomic E-state index is 13.9. The zero-order valence-corrected chi connectivity index (χ0v) is 12.3. The van der Waals surface area contributed by atoms with Crippen LogP contribution >= 0.6 is 11.6 Å². The van der Waals surface area contributed by atoms with Gasteiger partial charge in [-0.25, -0.2) is 8.78 Å². The highest BCUT2D eigenvalue weighted by Gasteiger charge is 2.08. The lowest BCUT2D eigenvalue weighted by molar-refractivity contribution is 0.290. The Morgan fingerprint density at radius 3 is 2.57 bits per heavy atom. The summed E-state index contributed by atoms with van der Waals surface area (Å²) < 4.78 is 32.2. The molecule has 2 N–H and O–H groups in total. The first-order chi connectivity index (χ1) is 9.95. The van der Waals surface area contributed by atoms with Gasteiger partial charge in [0.2, 0.25) is 0 Å². The van der Waals surface area contributed by atoms with Crippen molar-refractivity contribution in [3.63, 3.8) is 0 Å². The first-order valence-corrected chi connectivity index (χ1v) is 6.94. The summed E-state index contributed by atoms with van der Waals surface area (Å²) in [4.78, 5) is 0. The fourth-order valence-corrected chi connectivity index (χ4v) is 2.18. The summed E-state index contributed by atoms with van der Waals surface area (Å²) in [6, 6.07) is 8.70. The highest BCUT2D eigenvalue weighted by atomic mass is 35.5. The Hall–Kier alpha value is -1.65. The largest absolute Gasteiger partial charge is 0.486 e. The third-order valence-corrected chi connectivity index (χ3v) is 3.30. The van der Waals surface area contributed by atoms with Crippen molar-refractivity contribution in [3.05, 3.63) is 64.2 Å². The highest BCUT2D eigenvalue weighted by Crippen LogP contribution is 2.23. The van der Waals surface area contributed by atoms with Gasteiger partial charge in [0.25, 0.3) is 0 Å². The van der Waals surface area contributed by atoms with Gasteiger partial charge >= 0.3 is 0 Å². The maximum Gasteiger partial charge on any atom is 0.165 e. The average Bonchev–Trinajstić information content (AvgIpc) is 2.39. The van der Waals surface area contributed by atoms with Crippen molar-refractivity contribution in [1.82, 2.24) is 0 Å². The smallest absolute Gasteiger partial charge is 0.165 e. The van der Waals surface area contributed by atoms with E-state index >= 15 is 0 Å². The van der Waals surface area contributed by atoms with Crippen LogP contribution in [0.4, 0.5) is 8.78 Å². The Balaban J connectivity index is 2.06. The number of nitrogens with two attached hydrogens (primary N) is 1. The van der Waals surface area contributed by atoms with E-state index < -0.39 is 11.6 Å². The van der Waals surface area contributed by atoms with Crippen molar-refractivity contribution in [2.24, 2.45) is 5.73 Å². The van der Waals surface area contributed by atoms with Crippen LogP contribution in [0.3, 0.4) is 0 Å². The van der Waals surface area contributed by atoms with Crippen LogP contribution in [0.2, 0.25) is 5.02 Å². The van der Waals surface area contributed by atoms with Crippen molar-refractivity contribution in [3.8, 4) is 5.75 Å². The van der Waals surface area contributed by atoms with Crippen LogP contribution in [0.5, 0.6) is 5.75 Å². The van der Waals surface area contributed by atoms with Crippen LogP contribution in [-0.4, -0.2) is 6.04 Å². The van der Waals surface area contributed by atoms with Crippen LogP contribution in [-0.2, 0) is 13.0 Å². The van der Waals surface area contributed by atoms with E-state index in [2.05, 4.69) is 0 Å². The van der Waals surface area contributed by atoms with E-state index in [1.165, 1.54) is 24.3 Å². The topological polar surface area (TPSA) is 35.2 Å². The van der Waals surface area contributed by atoms with Crippen LogP contribution in [0.25, 0.3) is 0 Å². The Labute approximate surface area is 127 Å². The molecule has 2 aromatic carbocycles. The van der Waals surface area contributed by atoms with E-state index in [1.54, 1.807) is 12.1 Å². The minimum atomic E-state index is -0.452. The molecule has 112 valence electrons. The lowest BCUT2D eigenvalue weighted by atomic mass is 10.1. The number of hydrogen-bond donors (Lipinski definition) is 1. The monoisotopic (exact) mass is 311 g/mol. The molecule has 0 bridgehead atoms. The molecule has 21 heavy (non-hydrogen) atoms. The van der Waals surface area contributed by atoms with E-state index in [0.29, 0.717) is 12.0 Å². The Morgan fingerprint density at radius 1 is 1.19 bits per heavy atom. The molecule has 0 saturated heterocycles. The second-order valence-electron chi connectivity index (χ2n) is 4.97. The molecule has 0 amide bonds. The number of halogens is 3. The van der Waals surface area contributed by atoms with Gasteiger partial charge in [-0.05, 0) is 43.2 Å². The van der Waals surface area contributed by atoms with Crippen LogP contribution in [0.1, 0.15) is 18.1 Å². The molecule has 1 atom stereocenters. The summed E-state index contributed by atoms with van der Waals surface area (Å²) in [5, 5.41) is 0.254. The first-order valence-electron chi connectivity index (χ1n) is 6.56. The Bertz CT molecular complexity index is 632. The molecule has 2 rings (SSSR count). The molecule has 0 aromatic heterocycles. The van der Waals surface area contributed by atoms with Crippen molar-refractivity contribution in [1.29, 1.82) is 0 Å². The number of rotatable bonds is 5. The summed E-state index contributed by atoms with van der Waals surface area (Å²) in [6.07, 6.45) is 0.598. The van der Waals surface area contributed by atoms with Gasteiger partial charge in [0.15, 0.2) is 11.6 Å². The molecule has 1 unspecified atom stereocenters. The van der Waals surface area contributed by atoms with Gasteiger partial charge in [-0.15, -0.1) is 0 Å². The molecule has 0 heterocycles.